The summed E-state index contributed by atoms with van der Waals surface area (Å²) >= 11 is 1.80. The number of alkyl halides is 6. The lowest BCUT2D eigenvalue weighted by Crippen LogP contribution is -2.54. The van der Waals surface area contributed by atoms with Crippen LogP contribution in [-0.4, -0.2) is 98.9 Å². The molecule has 4 rings (SSSR count). The molecule has 10 nitrogen and oxygen atoms in total. The molecule has 0 aliphatic carbocycles. The molecule has 2 aliphatic rings. The lowest BCUT2D eigenvalue weighted by atomic mass is 9.73. The number of carbonyl (C=O) groups is 3. The van der Waals surface area contributed by atoms with E-state index in [0.717, 1.165) is 39.0 Å². The topological polar surface area (TPSA) is 127 Å². The molecule has 1 saturated heterocycles. The summed E-state index contributed by atoms with van der Waals surface area (Å²) in [4.78, 5) is 47.5. The normalized spacial score (nSPS) is 16.4. The van der Waals surface area contributed by atoms with Gasteiger partial charge in [0.05, 0.1) is 17.2 Å². The third-order valence-corrected chi connectivity index (χ3v) is 7.96. The Bertz CT molecular complexity index is 1220. The van der Waals surface area contributed by atoms with Gasteiger partial charge in [-0.05, 0) is 37.6 Å². The van der Waals surface area contributed by atoms with Gasteiger partial charge in [-0.15, -0.1) is 11.3 Å². The van der Waals surface area contributed by atoms with Gasteiger partial charge in [0.15, 0.2) is 0 Å². The first-order chi connectivity index (χ1) is 19.8. The first-order valence-electron chi connectivity index (χ1n) is 12.9. The van der Waals surface area contributed by atoms with Crippen LogP contribution < -0.4 is 0 Å². The van der Waals surface area contributed by atoms with E-state index < -0.39 is 24.3 Å². The monoisotopic (exact) mass is 641 g/mol. The van der Waals surface area contributed by atoms with Crippen LogP contribution in [0, 0.1) is 0 Å². The number of carboxylic acids is 2. The van der Waals surface area contributed by atoms with E-state index >= 15 is 0 Å². The maximum Gasteiger partial charge on any atom is 0.490 e. The van der Waals surface area contributed by atoms with Crippen LogP contribution in [0.25, 0.3) is 0 Å². The van der Waals surface area contributed by atoms with Crippen molar-refractivity contribution in [3.05, 3.63) is 45.7 Å². The first-order valence-corrected chi connectivity index (χ1v) is 13.8. The van der Waals surface area contributed by atoms with Gasteiger partial charge in [-0.3, -0.25) is 9.88 Å². The second kappa shape index (κ2) is 14.3. The molecule has 2 aromatic heterocycles. The van der Waals surface area contributed by atoms with E-state index in [1.807, 2.05) is 37.5 Å². The number of urea groups is 1. The van der Waals surface area contributed by atoms with Crippen LogP contribution in [0.15, 0.2) is 24.5 Å². The number of pyridine rings is 1. The first kappa shape index (κ1) is 35.7. The van der Waals surface area contributed by atoms with Crippen LogP contribution in [0.3, 0.4) is 0 Å². The van der Waals surface area contributed by atoms with Gasteiger partial charge in [-0.2, -0.15) is 26.3 Å². The Labute approximate surface area is 247 Å². The van der Waals surface area contributed by atoms with E-state index in [1.54, 1.807) is 16.2 Å². The molecule has 0 unspecified atom stereocenters. The van der Waals surface area contributed by atoms with Gasteiger partial charge < -0.3 is 20.0 Å². The Morgan fingerprint density at radius 3 is 2.00 bits per heavy atom. The molecule has 2 aliphatic heterocycles. The maximum atomic E-state index is 12.8. The summed E-state index contributed by atoms with van der Waals surface area (Å²) in [5.41, 5.74) is 2.51. The number of likely N-dealkylation sites (tertiary alicyclic amines) is 1. The molecule has 1 fully saturated rings. The summed E-state index contributed by atoms with van der Waals surface area (Å²) in [6.45, 7) is 8.86. The molecule has 1 spiro atoms. The molecule has 2 amide bonds. The number of rotatable bonds is 3. The van der Waals surface area contributed by atoms with Crippen molar-refractivity contribution in [2.75, 3.05) is 33.7 Å². The summed E-state index contributed by atoms with van der Waals surface area (Å²) < 4.78 is 63.5. The highest BCUT2D eigenvalue weighted by Gasteiger charge is 2.46. The van der Waals surface area contributed by atoms with Crippen LogP contribution in [0.5, 0.6) is 0 Å². The van der Waals surface area contributed by atoms with Gasteiger partial charge in [0.2, 0.25) is 0 Å². The van der Waals surface area contributed by atoms with Gasteiger partial charge in [0, 0.05) is 55.8 Å². The summed E-state index contributed by atoms with van der Waals surface area (Å²) in [7, 11) is 3.68. The Hall–Kier alpha value is -3.47. The quantitative estimate of drug-likeness (QED) is 0.451. The van der Waals surface area contributed by atoms with E-state index in [0.29, 0.717) is 12.5 Å². The number of nitrogens with zero attached hydrogens (tertiary/aromatic N) is 5. The van der Waals surface area contributed by atoms with Crippen LogP contribution >= 0.6 is 11.3 Å². The predicted molar refractivity (Wildman–Crippen MR) is 144 cm³/mol. The number of aliphatic carboxylic acids is 2. The molecule has 0 bridgehead atoms. The van der Waals surface area contributed by atoms with Gasteiger partial charge >= 0.3 is 30.3 Å². The van der Waals surface area contributed by atoms with Crippen molar-refractivity contribution in [2.45, 2.75) is 63.5 Å². The molecule has 240 valence electrons. The van der Waals surface area contributed by atoms with Crippen LogP contribution in [-0.2, 0) is 28.1 Å². The minimum Gasteiger partial charge on any atom is -0.475 e. The zero-order chi connectivity index (χ0) is 32.8. The van der Waals surface area contributed by atoms with E-state index in [1.165, 1.54) is 21.1 Å². The Balaban J connectivity index is 0.000000384. The largest absolute Gasteiger partial charge is 0.490 e. The molecular weight excluding hydrogens is 608 g/mol. The Kier molecular flexibility index (Phi) is 11.9. The number of piperidine rings is 1. The van der Waals surface area contributed by atoms with E-state index in [4.69, 9.17) is 24.8 Å². The Morgan fingerprint density at radius 1 is 1.05 bits per heavy atom. The van der Waals surface area contributed by atoms with Crippen molar-refractivity contribution in [1.82, 2.24) is 24.7 Å². The number of carbonyl (C=O) groups excluding carboxylic acids is 1. The van der Waals surface area contributed by atoms with E-state index in [2.05, 4.69) is 29.8 Å². The van der Waals surface area contributed by atoms with Crippen molar-refractivity contribution >= 4 is 29.3 Å². The molecule has 0 radical (unpaired) electrons. The van der Waals surface area contributed by atoms with Crippen molar-refractivity contribution in [1.29, 1.82) is 0 Å². The van der Waals surface area contributed by atoms with E-state index in [-0.39, 0.29) is 11.4 Å². The van der Waals surface area contributed by atoms with Crippen molar-refractivity contribution in [2.24, 2.45) is 0 Å². The third kappa shape index (κ3) is 10.0. The lowest BCUT2D eigenvalue weighted by molar-refractivity contribution is -0.193. The van der Waals surface area contributed by atoms with Crippen LogP contribution in [0.1, 0.15) is 53.7 Å². The predicted octanol–water partition coefficient (Wildman–Crippen LogP) is 4.96. The highest BCUT2D eigenvalue weighted by molar-refractivity contribution is 7.11. The zero-order valence-corrected chi connectivity index (χ0v) is 24.7. The number of hydrogen-bond donors (Lipinski definition) is 2. The summed E-state index contributed by atoms with van der Waals surface area (Å²) in [5, 5.41) is 15.5. The zero-order valence-electron chi connectivity index (χ0n) is 23.9. The molecule has 43 heavy (non-hydrogen) atoms. The summed E-state index contributed by atoms with van der Waals surface area (Å²) in [5.74, 6) is -5.09. The molecule has 2 aromatic rings. The van der Waals surface area contributed by atoms with E-state index in [9.17, 15) is 31.1 Å². The van der Waals surface area contributed by atoms with Crippen LogP contribution in [0.2, 0.25) is 0 Å². The molecule has 17 heteroatoms. The van der Waals surface area contributed by atoms with Crippen LogP contribution in [0.4, 0.5) is 31.1 Å². The minimum absolute atomic E-state index is 0.0195. The van der Waals surface area contributed by atoms with Gasteiger partial charge in [-0.1, -0.05) is 19.9 Å². The smallest absolute Gasteiger partial charge is 0.475 e. The number of amides is 2. The van der Waals surface area contributed by atoms with Gasteiger partial charge in [0.1, 0.15) is 0 Å². The maximum absolute atomic E-state index is 12.8. The number of aromatic nitrogens is 2. The number of carboxylic acid groups (broad SMARTS) is 2. The van der Waals surface area contributed by atoms with Crippen molar-refractivity contribution in [3.63, 3.8) is 0 Å². The fourth-order valence-electron chi connectivity index (χ4n) is 4.51. The summed E-state index contributed by atoms with van der Waals surface area (Å²) in [6.07, 6.45) is -4.31. The molecular formula is C26H33F6N5O5S. The Morgan fingerprint density at radius 2 is 1.58 bits per heavy atom. The van der Waals surface area contributed by atoms with Gasteiger partial charge in [-0.25, -0.2) is 19.4 Å². The highest BCUT2D eigenvalue weighted by atomic mass is 32.1. The lowest BCUT2D eigenvalue weighted by Gasteiger charge is -2.47. The average molecular weight is 642 g/mol. The molecule has 2 N–H and O–H groups in total. The highest BCUT2D eigenvalue weighted by Crippen LogP contribution is 2.44. The number of fused-ring (bicyclic) bond motifs is 2. The molecule has 0 aromatic carbocycles. The second-order valence-electron chi connectivity index (χ2n) is 10.5. The average Bonchev–Trinajstić information content (AvgIpc) is 3.36. The SMILES string of the molecule is CC(C)c1nc2c(s1)CN(C(=O)N(C)C)CC21CCN(Cc2cccnc2)CC1.O=C(O)C(F)(F)F.O=C(O)C(F)(F)F. The van der Waals surface area contributed by atoms with Gasteiger partial charge in [0.25, 0.3) is 0 Å². The minimum atomic E-state index is -5.08. The fourth-order valence-corrected chi connectivity index (χ4v) is 5.71. The number of thiazole rings is 1. The second-order valence-corrected chi connectivity index (χ2v) is 11.7. The molecule has 0 saturated carbocycles. The van der Waals surface area contributed by atoms with Crippen molar-refractivity contribution < 1.29 is 50.9 Å². The number of halogens is 6. The molecule has 0 atom stereocenters. The molecule has 4 heterocycles. The third-order valence-electron chi connectivity index (χ3n) is 6.62. The van der Waals surface area contributed by atoms with Crippen molar-refractivity contribution in [3.8, 4) is 0 Å². The number of hydrogen-bond acceptors (Lipinski definition) is 7. The fraction of sp³-hybridized carbons (Fsp3) is 0.577. The summed E-state index contributed by atoms with van der Waals surface area (Å²) in [6, 6.07) is 4.25. The standard InChI is InChI=1S/C22H31N5OS.2C2HF3O2/c1-16(2)20-24-19-18(29-20)14-27(21(28)25(3)4)15-22(19)7-10-26(11-8-22)13-17-6-5-9-23-12-17;2*3-2(4,5)1(6)7/h5-6,9,12,16H,7-8,10-11,13-15H2,1-4H3;2*(H,6,7).